The lowest BCUT2D eigenvalue weighted by molar-refractivity contribution is -0.0630. The van der Waals surface area contributed by atoms with E-state index in [-0.39, 0.29) is 23.9 Å². The van der Waals surface area contributed by atoms with E-state index < -0.39 is 34.6 Å². The van der Waals surface area contributed by atoms with Crippen LogP contribution in [-0.4, -0.2) is 44.1 Å². The van der Waals surface area contributed by atoms with E-state index >= 15 is 0 Å². The van der Waals surface area contributed by atoms with Crippen molar-refractivity contribution >= 4 is 22.8 Å². The monoisotopic (exact) mass is 641 g/mol. The number of anilines is 1. The SMILES string of the molecule is CC(C)(C)OC(=O)N1[C@H](Cn2c(=O)/c(=N/Nc3ccccc3)c(=O)n(CC34CC5CC(CC(C5)C3)C4)c3ccccc32)COC1(C)C. The fourth-order valence-electron chi connectivity index (χ4n) is 9.28. The van der Waals surface area contributed by atoms with Gasteiger partial charge in [-0.25, -0.2) is 4.79 Å². The van der Waals surface area contributed by atoms with Crippen molar-refractivity contribution in [3.8, 4) is 0 Å². The molecule has 1 aliphatic heterocycles. The zero-order valence-electron chi connectivity index (χ0n) is 28.2. The molecule has 0 spiro atoms. The van der Waals surface area contributed by atoms with Gasteiger partial charge in [-0.2, -0.15) is 5.10 Å². The lowest BCUT2D eigenvalue weighted by Crippen LogP contribution is -2.53. The van der Waals surface area contributed by atoms with Gasteiger partial charge in [-0.15, -0.1) is 0 Å². The van der Waals surface area contributed by atoms with E-state index in [9.17, 15) is 14.4 Å². The molecule has 4 bridgehead atoms. The Balaban J connectivity index is 1.39. The molecule has 1 N–H and O–H groups in total. The van der Waals surface area contributed by atoms with Gasteiger partial charge in [0.2, 0.25) is 5.36 Å². The molecular formula is C37H47N5O5. The van der Waals surface area contributed by atoms with Crippen LogP contribution in [0.25, 0.3) is 11.0 Å². The first-order valence-electron chi connectivity index (χ1n) is 17.1. The van der Waals surface area contributed by atoms with E-state index in [1.165, 1.54) is 19.3 Å². The maximum absolute atomic E-state index is 14.7. The second-order valence-electron chi connectivity index (χ2n) is 15.9. The lowest BCUT2D eigenvalue weighted by Gasteiger charge is -2.57. The Morgan fingerprint density at radius 1 is 0.894 bits per heavy atom. The van der Waals surface area contributed by atoms with Crippen molar-refractivity contribution < 1.29 is 14.3 Å². The van der Waals surface area contributed by atoms with E-state index in [1.54, 1.807) is 9.47 Å². The highest BCUT2D eigenvalue weighted by molar-refractivity contribution is 5.75. The minimum absolute atomic E-state index is 0.0323. The standard InChI is InChI=1S/C37H47N5O5/c1-35(2,3)47-34(45)42-28(22-46-36(42,4)5)21-40-29-13-9-10-14-30(29)41(23-37-18-24-15-25(19-37)17-26(16-24)20-37)33(44)31(32(40)43)39-38-27-11-7-6-8-12-27/h6-14,24-26,28,38H,15-23H2,1-5H3/b39-31-/t24?,25?,26?,28-,37?/m1/s1. The Labute approximate surface area is 275 Å². The lowest BCUT2D eigenvalue weighted by atomic mass is 9.49. The number of nitrogens with one attached hydrogen (secondary N) is 1. The number of hydrogen-bond donors (Lipinski definition) is 1. The second-order valence-corrected chi connectivity index (χ2v) is 15.9. The van der Waals surface area contributed by atoms with Gasteiger partial charge in [-0.05, 0) is 121 Å². The number of para-hydroxylation sites is 3. The summed E-state index contributed by atoms with van der Waals surface area (Å²) in [6.45, 7) is 9.98. The molecule has 5 aliphatic rings. The van der Waals surface area contributed by atoms with Crippen molar-refractivity contribution in [3.63, 3.8) is 0 Å². The first-order valence-corrected chi connectivity index (χ1v) is 17.1. The minimum Gasteiger partial charge on any atom is -0.444 e. The van der Waals surface area contributed by atoms with Crippen LogP contribution in [0.4, 0.5) is 10.5 Å². The molecule has 0 unspecified atom stereocenters. The Morgan fingerprint density at radius 3 is 2.04 bits per heavy atom. The topological polar surface area (TPSA) is 107 Å². The molecule has 1 atom stereocenters. The van der Waals surface area contributed by atoms with Crippen LogP contribution in [0.3, 0.4) is 0 Å². The number of aromatic nitrogens is 2. The predicted molar refractivity (Wildman–Crippen MR) is 181 cm³/mol. The Bertz CT molecular complexity index is 1840. The Morgan fingerprint density at radius 2 is 1.45 bits per heavy atom. The molecule has 0 radical (unpaired) electrons. The molecule has 4 saturated carbocycles. The number of hydrogen-bond acceptors (Lipinski definition) is 7. The molecule has 3 aromatic rings. The maximum atomic E-state index is 14.7. The van der Waals surface area contributed by atoms with Crippen LogP contribution in [0.1, 0.15) is 73.1 Å². The number of rotatable bonds is 6. The molecule has 10 nitrogen and oxygen atoms in total. The van der Waals surface area contributed by atoms with Crippen LogP contribution in [0.5, 0.6) is 0 Å². The van der Waals surface area contributed by atoms with Crippen molar-refractivity contribution in [1.29, 1.82) is 0 Å². The zero-order chi connectivity index (χ0) is 33.1. The summed E-state index contributed by atoms with van der Waals surface area (Å²) in [6.07, 6.45) is 6.76. The molecule has 10 heteroatoms. The van der Waals surface area contributed by atoms with E-state index in [0.717, 1.165) is 19.3 Å². The number of nitrogens with zero attached hydrogens (tertiary/aromatic N) is 4. The third-order valence-electron chi connectivity index (χ3n) is 10.6. The minimum atomic E-state index is -0.951. The van der Waals surface area contributed by atoms with Gasteiger partial charge in [0.15, 0.2) is 0 Å². The van der Waals surface area contributed by atoms with Gasteiger partial charge >= 0.3 is 6.09 Å². The second kappa shape index (κ2) is 11.6. The van der Waals surface area contributed by atoms with E-state index in [2.05, 4.69) is 10.5 Å². The first-order chi connectivity index (χ1) is 22.3. The predicted octanol–water partition coefficient (Wildman–Crippen LogP) is 5.68. The maximum Gasteiger partial charge on any atom is 0.412 e. The van der Waals surface area contributed by atoms with Gasteiger partial charge in [-0.1, -0.05) is 30.3 Å². The quantitative estimate of drug-likeness (QED) is 0.347. The summed E-state index contributed by atoms with van der Waals surface area (Å²) in [7, 11) is 0. The molecule has 1 saturated heterocycles. The summed E-state index contributed by atoms with van der Waals surface area (Å²) in [6, 6.07) is 16.4. The molecule has 250 valence electrons. The average Bonchev–Trinajstić information content (AvgIpc) is 3.27. The van der Waals surface area contributed by atoms with Crippen LogP contribution in [0.15, 0.2) is 69.3 Å². The highest BCUT2D eigenvalue weighted by Gasteiger charge is 2.51. The van der Waals surface area contributed by atoms with Gasteiger partial charge in [0.05, 0.1) is 29.4 Å². The van der Waals surface area contributed by atoms with Crippen molar-refractivity contribution in [2.24, 2.45) is 28.3 Å². The number of fused-ring (bicyclic) bond motifs is 1. The van der Waals surface area contributed by atoms with Crippen molar-refractivity contribution in [3.05, 3.63) is 80.7 Å². The third kappa shape index (κ3) is 6.12. The molecule has 8 rings (SSSR count). The summed E-state index contributed by atoms with van der Waals surface area (Å²) >= 11 is 0. The molecule has 2 aromatic carbocycles. The highest BCUT2D eigenvalue weighted by atomic mass is 16.6. The van der Waals surface area contributed by atoms with Crippen molar-refractivity contribution in [1.82, 2.24) is 14.0 Å². The smallest absolute Gasteiger partial charge is 0.412 e. The largest absolute Gasteiger partial charge is 0.444 e. The van der Waals surface area contributed by atoms with Crippen LogP contribution in [0.2, 0.25) is 0 Å². The molecule has 4 aliphatic carbocycles. The molecular weight excluding hydrogens is 594 g/mol. The molecule has 1 aromatic heterocycles. The van der Waals surface area contributed by atoms with Gasteiger partial charge in [-0.3, -0.25) is 19.9 Å². The van der Waals surface area contributed by atoms with Crippen LogP contribution in [-0.2, 0) is 22.6 Å². The fraction of sp³-hybridized carbons (Fsp3) is 0.568. The van der Waals surface area contributed by atoms with E-state index in [4.69, 9.17) is 9.47 Å². The summed E-state index contributed by atoms with van der Waals surface area (Å²) in [5, 5.41) is 4.32. The normalized spacial score (nSPS) is 28.2. The first kappa shape index (κ1) is 31.7. The summed E-state index contributed by atoms with van der Waals surface area (Å²) in [4.78, 5) is 44.4. The molecule has 47 heavy (non-hydrogen) atoms. The summed E-state index contributed by atoms with van der Waals surface area (Å²) < 4.78 is 15.3. The molecule has 1 amide bonds. The van der Waals surface area contributed by atoms with Gasteiger partial charge in [0, 0.05) is 13.1 Å². The zero-order valence-corrected chi connectivity index (χ0v) is 28.2. The third-order valence-corrected chi connectivity index (χ3v) is 10.6. The fourth-order valence-corrected chi connectivity index (χ4v) is 9.28. The Kier molecular flexibility index (Phi) is 7.85. The van der Waals surface area contributed by atoms with Gasteiger partial charge < -0.3 is 18.6 Å². The van der Waals surface area contributed by atoms with Crippen LogP contribution < -0.4 is 21.9 Å². The summed E-state index contributed by atoms with van der Waals surface area (Å²) in [5.41, 5.74) is 2.40. The Hall–Kier alpha value is -3.92. The van der Waals surface area contributed by atoms with E-state index in [0.29, 0.717) is 41.0 Å². The van der Waals surface area contributed by atoms with Crippen LogP contribution >= 0.6 is 0 Å². The number of carbonyl (C=O) groups excluding carboxylic acids is 1. The molecule has 2 heterocycles. The number of amides is 1. The number of benzene rings is 2. The van der Waals surface area contributed by atoms with E-state index in [1.807, 2.05) is 93.8 Å². The van der Waals surface area contributed by atoms with Crippen LogP contribution in [0, 0.1) is 23.2 Å². The number of ether oxygens (including phenoxy) is 2. The number of carbonyl (C=O) groups is 1. The highest BCUT2D eigenvalue weighted by Crippen LogP contribution is 2.60. The molecule has 5 fully saturated rings. The van der Waals surface area contributed by atoms with Gasteiger partial charge in [0.25, 0.3) is 11.1 Å². The average molecular weight is 642 g/mol. The van der Waals surface area contributed by atoms with Gasteiger partial charge in [0.1, 0.15) is 11.3 Å². The van der Waals surface area contributed by atoms with Crippen molar-refractivity contribution in [2.75, 3.05) is 12.0 Å². The summed E-state index contributed by atoms with van der Waals surface area (Å²) in [5.74, 6) is 2.15. The van der Waals surface area contributed by atoms with Crippen molar-refractivity contribution in [2.45, 2.75) is 104 Å².